The Hall–Kier alpha value is -2.57. The first-order valence-electron chi connectivity index (χ1n) is 10.8. The van der Waals surface area contributed by atoms with Gasteiger partial charge in [0.2, 0.25) is 5.91 Å². The number of likely N-dealkylation sites (tertiary alicyclic amines) is 1. The maximum absolute atomic E-state index is 13.8. The van der Waals surface area contributed by atoms with Gasteiger partial charge in [-0.15, -0.1) is 12.4 Å². The average Bonchev–Trinajstić information content (AvgIpc) is 3.23. The average molecular weight is 444 g/mol. The quantitative estimate of drug-likeness (QED) is 0.728. The van der Waals surface area contributed by atoms with Crippen LogP contribution < -0.4 is 10.2 Å². The molecule has 31 heavy (non-hydrogen) atoms. The zero-order chi connectivity index (χ0) is 21.1. The van der Waals surface area contributed by atoms with Crippen molar-refractivity contribution in [1.82, 2.24) is 4.90 Å². The molecule has 0 spiro atoms. The van der Waals surface area contributed by atoms with Crippen LogP contribution in [0.5, 0.6) is 0 Å². The summed E-state index contributed by atoms with van der Waals surface area (Å²) in [5, 5.41) is 2.77. The molecule has 6 nitrogen and oxygen atoms in total. The number of nitrogens with zero attached hydrogens (tertiary/aromatic N) is 2. The molecule has 2 heterocycles. The van der Waals surface area contributed by atoms with Gasteiger partial charge in [-0.3, -0.25) is 19.9 Å². The van der Waals surface area contributed by atoms with E-state index in [0.29, 0.717) is 12.3 Å². The van der Waals surface area contributed by atoms with Crippen molar-refractivity contribution >= 4 is 41.5 Å². The molecule has 1 unspecified atom stereocenters. The molecule has 1 saturated heterocycles. The SMILES string of the molecule is CCOC(=O)Nc1ccc2c(c1)N(C(=O)C(C)N1CCCC1)c1ccccc1CC2.Cl. The number of fused-ring (bicyclic) bond motifs is 2. The minimum Gasteiger partial charge on any atom is -0.450 e. The number of anilines is 3. The summed E-state index contributed by atoms with van der Waals surface area (Å²) < 4.78 is 5.01. The topological polar surface area (TPSA) is 61.9 Å². The molecule has 166 valence electrons. The smallest absolute Gasteiger partial charge is 0.411 e. The number of ether oxygens (including phenoxy) is 1. The third-order valence-electron chi connectivity index (χ3n) is 6.01. The fraction of sp³-hybridized carbons (Fsp3) is 0.417. The van der Waals surface area contributed by atoms with E-state index in [4.69, 9.17) is 4.74 Å². The summed E-state index contributed by atoms with van der Waals surface area (Å²) in [5.41, 5.74) is 4.65. The van der Waals surface area contributed by atoms with E-state index in [1.807, 2.05) is 48.2 Å². The molecule has 2 aliphatic rings. The monoisotopic (exact) mass is 443 g/mol. The first kappa shape index (κ1) is 23.1. The fourth-order valence-corrected chi connectivity index (χ4v) is 4.40. The first-order valence-corrected chi connectivity index (χ1v) is 10.8. The van der Waals surface area contributed by atoms with Gasteiger partial charge < -0.3 is 4.74 Å². The number of nitrogens with one attached hydrogen (secondary N) is 1. The second-order valence-corrected chi connectivity index (χ2v) is 7.91. The molecule has 1 atom stereocenters. The van der Waals surface area contributed by atoms with E-state index in [1.165, 1.54) is 0 Å². The Balaban J connectivity index is 0.00000272. The molecule has 0 aliphatic carbocycles. The van der Waals surface area contributed by atoms with Gasteiger partial charge in [-0.2, -0.15) is 0 Å². The highest BCUT2D eigenvalue weighted by Gasteiger charge is 2.32. The van der Waals surface area contributed by atoms with Crippen molar-refractivity contribution in [3.63, 3.8) is 0 Å². The lowest BCUT2D eigenvalue weighted by atomic mass is 10.0. The summed E-state index contributed by atoms with van der Waals surface area (Å²) >= 11 is 0. The van der Waals surface area contributed by atoms with Crippen molar-refractivity contribution in [3.05, 3.63) is 53.6 Å². The zero-order valence-corrected chi connectivity index (χ0v) is 18.9. The molecule has 7 heteroatoms. The van der Waals surface area contributed by atoms with Crippen molar-refractivity contribution in [2.45, 2.75) is 45.6 Å². The van der Waals surface area contributed by atoms with E-state index in [9.17, 15) is 9.59 Å². The Morgan fingerprint density at radius 3 is 2.42 bits per heavy atom. The van der Waals surface area contributed by atoms with Crippen molar-refractivity contribution < 1.29 is 14.3 Å². The highest BCUT2D eigenvalue weighted by molar-refractivity contribution is 6.05. The maximum Gasteiger partial charge on any atom is 0.411 e. The number of amides is 2. The summed E-state index contributed by atoms with van der Waals surface area (Å²) in [5.74, 6) is 0.0702. The number of carbonyl (C=O) groups is 2. The highest BCUT2D eigenvalue weighted by atomic mass is 35.5. The second kappa shape index (κ2) is 10.2. The first-order chi connectivity index (χ1) is 14.6. The highest BCUT2D eigenvalue weighted by Crippen LogP contribution is 2.38. The Bertz CT molecular complexity index is 943. The fourth-order valence-electron chi connectivity index (χ4n) is 4.40. The normalized spacial score (nSPS) is 16.4. The van der Waals surface area contributed by atoms with Crippen LogP contribution >= 0.6 is 12.4 Å². The van der Waals surface area contributed by atoms with Gasteiger partial charge in [0.1, 0.15) is 0 Å². The van der Waals surface area contributed by atoms with Crippen LogP contribution in [0.2, 0.25) is 0 Å². The molecule has 2 aliphatic heterocycles. The van der Waals surface area contributed by atoms with Crippen molar-refractivity contribution in [3.8, 4) is 0 Å². The van der Waals surface area contributed by atoms with E-state index >= 15 is 0 Å². The van der Waals surface area contributed by atoms with E-state index in [2.05, 4.69) is 16.3 Å². The maximum atomic E-state index is 13.8. The van der Waals surface area contributed by atoms with E-state index in [1.54, 1.807) is 6.92 Å². The molecule has 0 radical (unpaired) electrons. The Kier molecular flexibility index (Phi) is 7.57. The lowest BCUT2D eigenvalue weighted by Crippen LogP contribution is -2.44. The summed E-state index contributed by atoms with van der Waals surface area (Å²) in [6, 6.07) is 13.7. The number of hydrogen-bond acceptors (Lipinski definition) is 4. The molecular weight excluding hydrogens is 414 g/mol. The van der Waals surface area contributed by atoms with E-state index in [-0.39, 0.29) is 24.4 Å². The lowest BCUT2D eigenvalue weighted by Gasteiger charge is -2.31. The molecule has 1 N–H and O–H groups in total. The van der Waals surface area contributed by atoms with Crippen LogP contribution in [0.1, 0.15) is 37.8 Å². The standard InChI is InChI=1S/C24H29N3O3.ClH/c1-3-30-24(29)25-20-13-12-19-11-10-18-8-4-5-9-21(18)27(22(19)16-20)23(28)17(2)26-14-6-7-15-26;/h4-5,8-9,12-13,16-17H,3,6-7,10-11,14-15H2,1-2H3,(H,25,29);1H. The van der Waals surface area contributed by atoms with Crippen LogP contribution in [0, 0.1) is 0 Å². The molecule has 2 aromatic rings. The van der Waals surface area contributed by atoms with Crippen LogP contribution in [0.15, 0.2) is 42.5 Å². The summed E-state index contributed by atoms with van der Waals surface area (Å²) in [6.07, 6.45) is 3.50. The molecular formula is C24H30ClN3O3. The van der Waals surface area contributed by atoms with Crippen LogP contribution in [-0.4, -0.2) is 42.6 Å². The molecule has 2 amide bonds. The van der Waals surface area contributed by atoms with Gasteiger partial charge in [0, 0.05) is 5.69 Å². The van der Waals surface area contributed by atoms with Gasteiger partial charge in [-0.1, -0.05) is 24.3 Å². The number of benzene rings is 2. The predicted octanol–water partition coefficient (Wildman–Crippen LogP) is 4.92. The van der Waals surface area contributed by atoms with Crippen LogP contribution in [0.4, 0.5) is 21.9 Å². The second-order valence-electron chi connectivity index (χ2n) is 7.91. The number of para-hydroxylation sites is 1. The zero-order valence-electron chi connectivity index (χ0n) is 18.1. The Morgan fingerprint density at radius 2 is 1.71 bits per heavy atom. The van der Waals surface area contributed by atoms with Crippen LogP contribution in [0.25, 0.3) is 0 Å². The largest absolute Gasteiger partial charge is 0.450 e. The number of hydrogen-bond donors (Lipinski definition) is 1. The molecule has 0 saturated carbocycles. The molecule has 0 aromatic heterocycles. The van der Waals surface area contributed by atoms with Crippen LogP contribution in [-0.2, 0) is 22.4 Å². The van der Waals surface area contributed by atoms with Crippen molar-refractivity contribution in [1.29, 1.82) is 0 Å². The Morgan fingerprint density at radius 1 is 1.03 bits per heavy atom. The van der Waals surface area contributed by atoms with Gasteiger partial charge in [0.25, 0.3) is 0 Å². The summed E-state index contributed by atoms with van der Waals surface area (Å²) in [6.45, 7) is 6.00. The van der Waals surface area contributed by atoms with Crippen LogP contribution in [0.3, 0.4) is 0 Å². The predicted molar refractivity (Wildman–Crippen MR) is 126 cm³/mol. The summed E-state index contributed by atoms with van der Waals surface area (Å²) in [4.78, 5) is 29.8. The molecule has 0 bridgehead atoms. The van der Waals surface area contributed by atoms with Gasteiger partial charge in [-0.05, 0) is 81.9 Å². The van der Waals surface area contributed by atoms with Gasteiger partial charge in [-0.25, -0.2) is 4.79 Å². The van der Waals surface area contributed by atoms with Gasteiger partial charge in [0.05, 0.1) is 24.0 Å². The van der Waals surface area contributed by atoms with Crippen molar-refractivity contribution in [2.75, 3.05) is 29.9 Å². The minimum absolute atomic E-state index is 0. The van der Waals surface area contributed by atoms with Gasteiger partial charge in [0.15, 0.2) is 0 Å². The molecule has 4 rings (SSSR count). The van der Waals surface area contributed by atoms with Crippen molar-refractivity contribution in [2.24, 2.45) is 0 Å². The Labute approximate surface area is 190 Å². The summed E-state index contributed by atoms with van der Waals surface area (Å²) in [7, 11) is 0. The molecule has 2 aromatic carbocycles. The number of carbonyl (C=O) groups excluding carboxylic acids is 2. The van der Waals surface area contributed by atoms with E-state index in [0.717, 1.165) is 61.3 Å². The van der Waals surface area contributed by atoms with E-state index < -0.39 is 6.09 Å². The number of halogens is 1. The third-order valence-corrected chi connectivity index (χ3v) is 6.01. The lowest BCUT2D eigenvalue weighted by molar-refractivity contribution is -0.122. The number of rotatable bonds is 4. The third kappa shape index (κ3) is 4.86. The number of aryl methyl sites for hydroxylation is 2. The molecule has 1 fully saturated rings. The minimum atomic E-state index is -0.491. The van der Waals surface area contributed by atoms with Gasteiger partial charge >= 0.3 is 6.09 Å².